The van der Waals surface area contributed by atoms with Crippen LogP contribution < -0.4 is 4.72 Å². The van der Waals surface area contributed by atoms with Crippen molar-refractivity contribution >= 4 is 37.3 Å². The van der Waals surface area contributed by atoms with Crippen LogP contribution >= 0.6 is 15.9 Å². The maximum absolute atomic E-state index is 12.2. The first kappa shape index (κ1) is 15.4. The molecular formula is C11H11BrN4O4S. The Morgan fingerprint density at radius 2 is 2.05 bits per heavy atom. The van der Waals surface area contributed by atoms with E-state index in [1.165, 1.54) is 18.3 Å². The Balaban J connectivity index is 2.44. The molecule has 112 valence electrons. The molecule has 0 spiro atoms. The number of aromatic amines is 1. The Hall–Kier alpha value is -1.94. The highest BCUT2D eigenvalue weighted by molar-refractivity contribution is 9.10. The van der Waals surface area contributed by atoms with Crippen molar-refractivity contribution in [1.29, 1.82) is 0 Å². The SMILES string of the molecule is Cc1ncc(S(=O)(=O)Nc2cc([N+](=O)[O-])c(C)cc2Br)[nH]1. The average Bonchev–Trinajstić information content (AvgIpc) is 2.79. The Kier molecular flexibility index (Phi) is 4.01. The lowest BCUT2D eigenvalue weighted by atomic mass is 10.2. The molecule has 2 rings (SSSR count). The molecule has 21 heavy (non-hydrogen) atoms. The normalized spacial score (nSPS) is 11.4. The van der Waals surface area contributed by atoms with Gasteiger partial charge in [0.15, 0.2) is 5.03 Å². The number of nitrogens with zero attached hydrogens (tertiary/aromatic N) is 2. The lowest BCUT2D eigenvalue weighted by Gasteiger charge is -2.09. The smallest absolute Gasteiger partial charge is 0.279 e. The average molecular weight is 375 g/mol. The monoisotopic (exact) mass is 374 g/mol. The third kappa shape index (κ3) is 3.22. The number of rotatable bonds is 4. The molecule has 0 unspecified atom stereocenters. The van der Waals surface area contributed by atoms with Crippen molar-refractivity contribution in [3.8, 4) is 0 Å². The number of hydrogen-bond acceptors (Lipinski definition) is 5. The minimum absolute atomic E-state index is 0.0829. The van der Waals surface area contributed by atoms with Crippen LogP contribution in [0.1, 0.15) is 11.4 Å². The van der Waals surface area contributed by atoms with Crippen LogP contribution in [0, 0.1) is 24.0 Å². The molecule has 2 aromatic rings. The number of hydrogen-bond donors (Lipinski definition) is 2. The zero-order valence-electron chi connectivity index (χ0n) is 11.0. The molecule has 0 aliphatic carbocycles. The first-order valence-corrected chi connectivity index (χ1v) is 7.97. The maximum Gasteiger partial charge on any atom is 0.279 e. The van der Waals surface area contributed by atoms with E-state index in [2.05, 4.69) is 30.6 Å². The number of nitrogens with one attached hydrogen (secondary N) is 2. The molecule has 0 bridgehead atoms. The molecule has 1 aromatic carbocycles. The van der Waals surface area contributed by atoms with E-state index in [9.17, 15) is 18.5 Å². The summed E-state index contributed by atoms with van der Waals surface area (Å²) in [4.78, 5) is 16.8. The van der Waals surface area contributed by atoms with Gasteiger partial charge in [-0.3, -0.25) is 14.8 Å². The molecule has 0 atom stereocenters. The summed E-state index contributed by atoms with van der Waals surface area (Å²) in [7, 11) is -3.89. The van der Waals surface area contributed by atoms with Crippen LogP contribution in [0.3, 0.4) is 0 Å². The van der Waals surface area contributed by atoms with Crippen molar-refractivity contribution in [1.82, 2.24) is 9.97 Å². The van der Waals surface area contributed by atoms with E-state index in [1.807, 2.05) is 0 Å². The van der Waals surface area contributed by atoms with E-state index in [1.54, 1.807) is 13.8 Å². The zero-order chi connectivity index (χ0) is 15.8. The fraction of sp³-hybridized carbons (Fsp3) is 0.182. The molecule has 0 saturated heterocycles. The predicted molar refractivity (Wildman–Crippen MR) is 79.7 cm³/mol. The van der Waals surface area contributed by atoms with Gasteiger partial charge in [0.25, 0.3) is 15.7 Å². The third-order valence-electron chi connectivity index (χ3n) is 2.70. The number of sulfonamides is 1. The van der Waals surface area contributed by atoms with Gasteiger partial charge in [-0.05, 0) is 35.8 Å². The van der Waals surface area contributed by atoms with E-state index in [4.69, 9.17) is 0 Å². The van der Waals surface area contributed by atoms with E-state index < -0.39 is 14.9 Å². The van der Waals surface area contributed by atoms with Crippen molar-refractivity contribution in [3.05, 3.63) is 44.3 Å². The van der Waals surface area contributed by atoms with Crippen LogP contribution in [0.25, 0.3) is 0 Å². The van der Waals surface area contributed by atoms with Crippen molar-refractivity contribution < 1.29 is 13.3 Å². The predicted octanol–water partition coefficient (Wildman–Crippen LogP) is 2.50. The van der Waals surface area contributed by atoms with Crippen molar-refractivity contribution in [2.24, 2.45) is 0 Å². The first-order chi connectivity index (χ1) is 9.70. The lowest BCUT2D eigenvalue weighted by Crippen LogP contribution is -2.14. The summed E-state index contributed by atoms with van der Waals surface area (Å²) in [6.45, 7) is 3.19. The molecule has 0 aliphatic rings. The molecule has 0 aliphatic heterocycles. The molecule has 2 N–H and O–H groups in total. The summed E-state index contributed by atoms with van der Waals surface area (Å²) in [5.74, 6) is 0.448. The minimum atomic E-state index is -3.89. The van der Waals surface area contributed by atoms with Crippen LogP contribution in [0.15, 0.2) is 27.8 Å². The fourth-order valence-corrected chi connectivity index (χ4v) is 3.40. The van der Waals surface area contributed by atoms with Gasteiger partial charge in [-0.2, -0.15) is 8.42 Å². The molecule has 0 fully saturated rings. The lowest BCUT2D eigenvalue weighted by molar-refractivity contribution is -0.385. The molecule has 10 heteroatoms. The number of imidazole rings is 1. The zero-order valence-corrected chi connectivity index (χ0v) is 13.4. The fourth-order valence-electron chi connectivity index (χ4n) is 1.67. The van der Waals surface area contributed by atoms with Crippen molar-refractivity contribution in [2.75, 3.05) is 4.72 Å². The topological polar surface area (TPSA) is 118 Å². The second kappa shape index (κ2) is 5.45. The number of halogens is 1. The number of H-pyrrole nitrogens is 1. The first-order valence-electron chi connectivity index (χ1n) is 5.69. The minimum Gasteiger partial charge on any atom is -0.332 e. The summed E-state index contributed by atoms with van der Waals surface area (Å²) < 4.78 is 27.0. The van der Waals surface area contributed by atoms with E-state index >= 15 is 0 Å². The molecule has 0 saturated carbocycles. The molecular weight excluding hydrogens is 364 g/mol. The highest BCUT2D eigenvalue weighted by atomic mass is 79.9. The van der Waals surface area contributed by atoms with Crippen molar-refractivity contribution in [2.45, 2.75) is 18.9 Å². The summed E-state index contributed by atoms with van der Waals surface area (Å²) >= 11 is 3.19. The number of nitro benzene ring substituents is 1. The number of benzene rings is 1. The van der Waals surface area contributed by atoms with Crippen LogP contribution in [-0.4, -0.2) is 23.3 Å². The van der Waals surface area contributed by atoms with Gasteiger partial charge in [0, 0.05) is 16.1 Å². The van der Waals surface area contributed by atoms with Gasteiger partial charge in [-0.1, -0.05) is 0 Å². The highest BCUT2D eigenvalue weighted by Gasteiger charge is 2.21. The molecule has 8 nitrogen and oxygen atoms in total. The van der Waals surface area contributed by atoms with Gasteiger partial charge in [-0.25, -0.2) is 4.98 Å². The summed E-state index contributed by atoms with van der Waals surface area (Å²) in [6.07, 6.45) is 1.17. The Morgan fingerprint density at radius 1 is 1.38 bits per heavy atom. The largest absolute Gasteiger partial charge is 0.332 e. The Bertz CT molecular complexity index is 816. The Labute approximate surface area is 128 Å². The summed E-state index contributed by atoms with van der Waals surface area (Å²) in [5, 5.41) is 10.8. The number of aryl methyl sites for hydroxylation is 2. The van der Waals surface area contributed by atoms with E-state index in [0.29, 0.717) is 15.9 Å². The third-order valence-corrected chi connectivity index (χ3v) is 4.63. The maximum atomic E-state index is 12.2. The summed E-state index contributed by atoms with van der Waals surface area (Å²) in [6, 6.07) is 2.65. The van der Waals surface area contributed by atoms with Crippen LogP contribution in [0.5, 0.6) is 0 Å². The molecule has 0 radical (unpaired) electrons. The van der Waals surface area contributed by atoms with Gasteiger partial charge < -0.3 is 4.98 Å². The van der Waals surface area contributed by atoms with Crippen LogP contribution in [0.4, 0.5) is 11.4 Å². The van der Waals surface area contributed by atoms with Crippen LogP contribution in [0.2, 0.25) is 0 Å². The number of aromatic nitrogens is 2. The number of nitro groups is 1. The standard InChI is InChI=1S/C11H11BrN4O4S/c1-6-3-8(12)9(4-10(6)16(17)18)15-21(19,20)11-5-13-7(2)14-11/h3-5,15H,1-2H3,(H,13,14). The van der Waals surface area contributed by atoms with Gasteiger partial charge in [-0.15, -0.1) is 0 Å². The van der Waals surface area contributed by atoms with Gasteiger partial charge in [0.2, 0.25) is 0 Å². The number of anilines is 1. The van der Waals surface area contributed by atoms with Gasteiger partial charge >= 0.3 is 0 Å². The molecule has 1 heterocycles. The van der Waals surface area contributed by atoms with Crippen LogP contribution in [-0.2, 0) is 10.0 Å². The Morgan fingerprint density at radius 3 is 2.57 bits per heavy atom. The molecule has 1 aromatic heterocycles. The van der Waals surface area contributed by atoms with Gasteiger partial charge in [0.05, 0.1) is 16.8 Å². The van der Waals surface area contributed by atoms with Gasteiger partial charge in [0.1, 0.15) is 5.82 Å². The summed E-state index contributed by atoms with van der Waals surface area (Å²) in [5.41, 5.74) is 0.337. The van der Waals surface area contributed by atoms with Crippen molar-refractivity contribution in [3.63, 3.8) is 0 Å². The quantitative estimate of drug-likeness (QED) is 0.629. The second-order valence-corrected chi connectivity index (χ2v) is 6.82. The second-order valence-electron chi connectivity index (χ2n) is 4.31. The molecule has 0 amide bonds. The van der Waals surface area contributed by atoms with E-state index in [-0.39, 0.29) is 16.4 Å². The van der Waals surface area contributed by atoms with E-state index in [0.717, 1.165) is 0 Å². The highest BCUT2D eigenvalue weighted by Crippen LogP contribution is 2.31.